The molecule has 1 heterocycles. The van der Waals surface area contributed by atoms with Gasteiger partial charge in [-0.05, 0) is 29.0 Å². The van der Waals surface area contributed by atoms with Crippen molar-refractivity contribution in [2.45, 2.75) is 0 Å². The van der Waals surface area contributed by atoms with Crippen LogP contribution in [0.5, 0.6) is 0 Å². The molecule has 29 heavy (non-hydrogen) atoms. The number of hydrogen-bond acceptors (Lipinski definition) is 5. The predicted octanol–water partition coefficient (Wildman–Crippen LogP) is 3.90. The zero-order valence-corrected chi connectivity index (χ0v) is 15.1. The number of fused-ring (bicyclic) bond motifs is 1. The number of benzene rings is 3. The maximum atomic E-state index is 12.3. The lowest BCUT2D eigenvalue weighted by molar-refractivity contribution is -0.385. The van der Waals surface area contributed by atoms with Crippen molar-refractivity contribution in [3.8, 4) is 11.3 Å². The molecule has 0 unspecified atom stereocenters. The van der Waals surface area contributed by atoms with E-state index in [1.54, 1.807) is 24.3 Å². The third kappa shape index (κ3) is 3.86. The number of H-pyrrole nitrogens is 1. The third-order valence-corrected chi connectivity index (χ3v) is 4.37. The smallest absolute Gasteiger partial charge is 0.272 e. The summed E-state index contributed by atoms with van der Waals surface area (Å²) in [7, 11) is 0. The van der Waals surface area contributed by atoms with Crippen molar-refractivity contribution in [2.75, 3.05) is 0 Å². The number of aromatic nitrogens is 2. The quantitative estimate of drug-likeness (QED) is 0.308. The normalized spacial score (nSPS) is 11.0. The van der Waals surface area contributed by atoms with Crippen molar-refractivity contribution < 1.29 is 9.72 Å². The molecule has 0 spiro atoms. The summed E-state index contributed by atoms with van der Waals surface area (Å²) in [5.41, 5.74) is 4.28. The molecule has 8 nitrogen and oxygen atoms in total. The number of aromatic amines is 1. The van der Waals surface area contributed by atoms with Crippen LogP contribution in [0.1, 0.15) is 16.1 Å². The number of hydrogen-bond donors (Lipinski definition) is 2. The molecule has 0 fully saturated rings. The van der Waals surface area contributed by atoms with Crippen molar-refractivity contribution in [1.29, 1.82) is 0 Å². The largest absolute Gasteiger partial charge is 0.289 e. The Morgan fingerprint density at radius 1 is 1.03 bits per heavy atom. The summed E-state index contributed by atoms with van der Waals surface area (Å²) in [4.78, 5) is 22.8. The Kier molecular flexibility index (Phi) is 4.81. The molecule has 0 aliphatic heterocycles. The lowest BCUT2D eigenvalue weighted by Crippen LogP contribution is -2.18. The van der Waals surface area contributed by atoms with Gasteiger partial charge in [-0.2, -0.15) is 10.2 Å². The molecule has 3 aromatic carbocycles. The number of amides is 1. The van der Waals surface area contributed by atoms with E-state index >= 15 is 0 Å². The van der Waals surface area contributed by atoms with Gasteiger partial charge in [0.25, 0.3) is 11.6 Å². The second kappa shape index (κ2) is 7.73. The highest BCUT2D eigenvalue weighted by Crippen LogP contribution is 2.23. The zero-order valence-electron chi connectivity index (χ0n) is 15.1. The number of nitrogens with one attached hydrogen (secondary N) is 2. The first-order valence-electron chi connectivity index (χ1n) is 8.73. The summed E-state index contributed by atoms with van der Waals surface area (Å²) in [6.07, 6.45) is 1.23. The van der Waals surface area contributed by atoms with Gasteiger partial charge in [-0.3, -0.25) is 20.0 Å². The van der Waals surface area contributed by atoms with Crippen LogP contribution in [0.2, 0.25) is 0 Å². The molecule has 0 saturated heterocycles. The van der Waals surface area contributed by atoms with Crippen LogP contribution in [0.4, 0.5) is 5.69 Å². The Bertz CT molecular complexity index is 1250. The Balaban J connectivity index is 1.49. The van der Waals surface area contributed by atoms with Crippen LogP contribution < -0.4 is 5.43 Å². The highest BCUT2D eigenvalue weighted by atomic mass is 16.6. The van der Waals surface area contributed by atoms with Crippen LogP contribution in [0, 0.1) is 10.1 Å². The Morgan fingerprint density at radius 2 is 1.79 bits per heavy atom. The molecule has 1 amide bonds. The van der Waals surface area contributed by atoms with Gasteiger partial charge in [0.15, 0.2) is 0 Å². The lowest BCUT2D eigenvalue weighted by Gasteiger charge is -2.00. The molecule has 8 heteroatoms. The fourth-order valence-corrected chi connectivity index (χ4v) is 2.92. The fourth-order valence-electron chi connectivity index (χ4n) is 2.92. The van der Waals surface area contributed by atoms with E-state index in [-0.39, 0.29) is 11.4 Å². The van der Waals surface area contributed by atoms with E-state index in [1.165, 1.54) is 12.3 Å². The number of para-hydroxylation sites is 1. The molecular formula is C21H15N5O3. The van der Waals surface area contributed by atoms with Gasteiger partial charge in [-0.1, -0.05) is 48.5 Å². The summed E-state index contributed by atoms with van der Waals surface area (Å²) in [5.74, 6) is -0.501. The lowest BCUT2D eigenvalue weighted by atomic mass is 10.1. The van der Waals surface area contributed by atoms with Crippen LogP contribution >= 0.6 is 0 Å². The first-order valence-corrected chi connectivity index (χ1v) is 8.73. The van der Waals surface area contributed by atoms with Gasteiger partial charge in [0.1, 0.15) is 5.69 Å². The summed E-state index contributed by atoms with van der Waals surface area (Å²) in [5, 5.41) is 23.9. The number of nitrogens with zero attached hydrogens (tertiary/aromatic N) is 3. The minimum Gasteiger partial charge on any atom is -0.272 e. The Hall–Kier alpha value is -4.33. The molecule has 0 aliphatic carbocycles. The molecule has 0 aliphatic rings. The maximum Gasteiger partial charge on any atom is 0.289 e. The van der Waals surface area contributed by atoms with Crippen molar-refractivity contribution in [2.24, 2.45) is 5.10 Å². The molecule has 0 saturated carbocycles. The van der Waals surface area contributed by atoms with E-state index in [4.69, 9.17) is 0 Å². The summed E-state index contributed by atoms with van der Waals surface area (Å²) in [6.45, 7) is 0. The SMILES string of the molecule is O=C(N/N=C/c1ccccc1[N+](=O)[O-])c1cc(-c2ccc3ccccc3c2)n[nH]1. The van der Waals surface area contributed by atoms with Gasteiger partial charge < -0.3 is 0 Å². The molecule has 4 aromatic rings. The number of nitro benzene ring substituents is 1. The second-order valence-corrected chi connectivity index (χ2v) is 6.24. The summed E-state index contributed by atoms with van der Waals surface area (Å²) < 4.78 is 0. The molecule has 0 bridgehead atoms. The van der Waals surface area contributed by atoms with Crippen LogP contribution in [-0.4, -0.2) is 27.2 Å². The van der Waals surface area contributed by atoms with Gasteiger partial charge >= 0.3 is 0 Å². The van der Waals surface area contributed by atoms with E-state index in [0.29, 0.717) is 11.3 Å². The minimum atomic E-state index is -0.506. The van der Waals surface area contributed by atoms with Crippen molar-refractivity contribution in [1.82, 2.24) is 15.6 Å². The minimum absolute atomic E-state index is 0.0920. The molecule has 4 rings (SSSR count). The highest BCUT2D eigenvalue weighted by Gasteiger charge is 2.12. The highest BCUT2D eigenvalue weighted by molar-refractivity contribution is 5.95. The van der Waals surface area contributed by atoms with Crippen molar-refractivity contribution in [3.05, 3.63) is 94.2 Å². The molecule has 1 aromatic heterocycles. The average Bonchev–Trinajstić information content (AvgIpc) is 3.24. The number of carbonyl (C=O) groups is 1. The van der Waals surface area contributed by atoms with E-state index in [1.807, 2.05) is 42.5 Å². The van der Waals surface area contributed by atoms with Crippen molar-refractivity contribution >= 4 is 28.6 Å². The topological polar surface area (TPSA) is 113 Å². The molecule has 0 radical (unpaired) electrons. The van der Waals surface area contributed by atoms with E-state index in [2.05, 4.69) is 20.7 Å². The summed E-state index contributed by atoms with van der Waals surface area (Å²) in [6, 6.07) is 21.7. The molecule has 142 valence electrons. The van der Waals surface area contributed by atoms with Crippen LogP contribution in [0.3, 0.4) is 0 Å². The standard InChI is InChI=1S/C21H15N5O3/c27-21(25-22-13-17-7-3-4-8-20(17)26(28)29)19-12-18(23-24-19)16-10-9-14-5-1-2-6-15(14)11-16/h1-13H,(H,23,24)(H,25,27)/b22-13+. The van der Waals surface area contributed by atoms with E-state index in [9.17, 15) is 14.9 Å². The average molecular weight is 385 g/mol. The fraction of sp³-hybridized carbons (Fsp3) is 0. The predicted molar refractivity (Wildman–Crippen MR) is 110 cm³/mol. The van der Waals surface area contributed by atoms with Gasteiger partial charge in [0, 0.05) is 11.6 Å². The monoisotopic (exact) mass is 385 g/mol. The van der Waals surface area contributed by atoms with Gasteiger partial charge in [0.05, 0.1) is 22.4 Å². The first-order chi connectivity index (χ1) is 14.1. The number of carbonyl (C=O) groups excluding carboxylic acids is 1. The van der Waals surface area contributed by atoms with Gasteiger partial charge in [-0.25, -0.2) is 5.43 Å². The molecular weight excluding hydrogens is 370 g/mol. The molecule has 0 atom stereocenters. The number of nitro groups is 1. The summed E-state index contributed by atoms with van der Waals surface area (Å²) >= 11 is 0. The van der Waals surface area contributed by atoms with E-state index in [0.717, 1.165) is 16.3 Å². The van der Waals surface area contributed by atoms with Gasteiger partial charge in [-0.15, -0.1) is 0 Å². The van der Waals surface area contributed by atoms with Crippen LogP contribution in [0.15, 0.2) is 77.9 Å². The number of hydrazone groups is 1. The van der Waals surface area contributed by atoms with Gasteiger partial charge in [0.2, 0.25) is 0 Å². The van der Waals surface area contributed by atoms with Crippen LogP contribution in [0.25, 0.3) is 22.0 Å². The van der Waals surface area contributed by atoms with E-state index < -0.39 is 10.8 Å². The first kappa shape index (κ1) is 18.1. The Morgan fingerprint density at radius 3 is 2.62 bits per heavy atom. The third-order valence-electron chi connectivity index (χ3n) is 4.37. The zero-order chi connectivity index (χ0) is 20.2. The second-order valence-electron chi connectivity index (χ2n) is 6.24. The Labute approximate surface area is 165 Å². The maximum absolute atomic E-state index is 12.3. The van der Waals surface area contributed by atoms with Crippen molar-refractivity contribution in [3.63, 3.8) is 0 Å². The molecule has 2 N–H and O–H groups in total. The van der Waals surface area contributed by atoms with Crippen LogP contribution in [-0.2, 0) is 0 Å². The number of rotatable bonds is 5.